The molecule has 3 N–H and O–H groups in total. The first-order valence-corrected chi connectivity index (χ1v) is 6.48. The van der Waals surface area contributed by atoms with Gasteiger partial charge in [-0.05, 0) is 19.3 Å². The van der Waals surface area contributed by atoms with E-state index in [-0.39, 0.29) is 18.1 Å². The van der Waals surface area contributed by atoms with E-state index in [1.165, 1.54) is 0 Å². The van der Waals surface area contributed by atoms with E-state index in [1.54, 1.807) is 7.11 Å². The average Bonchev–Trinajstić information content (AvgIpc) is 2.86. The minimum absolute atomic E-state index is 0.0390. The molecule has 18 heavy (non-hydrogen) atoms. The minimum Gasteiger partial charge on any atom is -0.382 e. The van der Waals surface area contributed by atoms with E-state index in [0.717, 1.165) is 19.3 Å². The number of nitrogens with one attached hydrogen (secondary N) is 1. The van der Waals surface area contributed by atoms with E-state index >= 15 is 0 Å². The largest absolute Gasteiger partial charge is 0.382 e. The summed E-state index contributed by atoms with van der Waals surface area (Å²) in [7, 11) is 1.64. The molecule has 0 aromatic rings. The van der Waals surface area contributed by atoms with Crippen molar-refractivity contribution in [1.29, 1.82) is 0 Å². The summed E-state index contributed by atoms with van der Waals surface area (Å²) in [6.45, 7) is 2.91. The summed E-state index contributed by atoms with van der Waals surface area (Å²) in [4.78, 5) is 11.7. The Kier molecular flexibility index (Phi) is 7.91. The zero-order chi connectivity index (χ0) is 13.2. The van der Waals surface area contributed by atoms with Crippen LogP contribution in [0.5, 0.6) is 0 Å². The highest BCUT2D eigenvalue weighted by atomic mass is 16.5. The van der Waals surface area contributed by atoms with Crippen LogP contribution in [0, 0.1) is 0 Å². The molecule has 1 amide bonds. The first kappa shape index (κ1) is 15.4. The number of carbonyl (C=O) groups excluding carboxylic acids is 1. The molecule has 2 atom stereocenters. The number of methoxy groups -OCH3 is 1. The van der Waals surface area contributed by atoms with E-state index in [2.05, 4.69) is 5.32 Å². The van der Waals surface area contributed by atoms with Gasteiger partial charge >= 0.3 is 0 Å². The summed E-state index contributed by atoms with van der Waals surface area (Å²) < 4.78 is 15.6. The van der Waals surface area contributed by atoms with Gasteiger partial charge in [0.1, 0.15) is 6.10 Å². The lowest BCUT2D eigenvalue weighted by atomic mass is 10.2. The highest BCUT2D eigenvalue weighted by Gasteiger charge is 2.29. The average molecular weight is 260 g/mol. The van der Waals surface area contributed by atoms with Gasteiger partial charge in [0.15, 0.2) is 0 Å². The summed E-state index contributed by atoms with van der Waals surface area (Å²) >= 11 is 0. The van der Waals surface area contributed by atoms with Crippen molar-refractivity contribution >= 4 is 5.91 Å². The Morgan fingerprint density at radius 3 is 2.89 bits per heavy atom. The second-order valence-electron chi connectivity index (χ2n) is 4.31. The fraction of sp³-hybridized carbons (Fsp3) is 0.917. The maximum atomic E-state index is 11.7. The van der Waals surface area contributed by atoms with E-state index in [0.29, 0.717) is 32.9 Å². The lowest BCUT2D eigenvalue weighted by molar-refractivity contribution is -0.131. The van der Waals surface area contributed by atoms with Crippen molar-refractivity contribution in [3.8, 4) is 0 Å². The van der Waals surface area contributed by atoms with Gasteiger partial charge in [-0.1, -0.05) is 0 Å². The van der Waals surface area contributed by atoms with Gasteiger partial charge in [0.05, 0.1) is 19.3 Å². The van der Waals surface area contributed by atoms with E-state index < -0.39 is 0 Å². The highest BCUT2D eigenvalue weighted by Crippen LogP contribution is 2.18. The summed E-state index contributed by atoms with van der Waals surface area (Å²) in [6.07, 6.45) is 2.14. The molecule has 1 fully saturated rings. The highest BCUT2D eigenvalue weighted by molar-refractivity contribution is 5.80. The molecule has 0 bridgehead atoms. The zero-order valence-corrected chi connectivity index (χ0v) is 11.0. The zero-order valence-electron chi connectivity index (χ0n) is 11.0. The van der Waals surface area contributed by atoms with Gasteiger partial charge in [-0.3, -0.25) is 4.79 Å². The fourth-order valence-electron chi connectivity index (χ4n) is 1.82. The topological polar surface area (TPSA) is 82.8 Å². The molecule has 1 rings (SSSR count). The third-order valence-corrected chi connectivity index (χ3v) is 2.86. The molecule has 1 aliphatic heterocycles. The summed E-state index contributed by atoms with van der Waals surface area (Å²) in [5.41, 5.74) is 5.49. The van der Waals surface area contributed by atoms with Crippen molar-refractivity contribution in [2.24, 2.45) is 5.73 Å². The Morgan fingerprint density at radius 1 is 1.39 bits per heavy atom. The quantitative estimate of drug-likeness (QED) is 0.554. The van der Waals surface area contributed by atoms with Crippen molar-refractivity contribution in [3.63, 3.8) is 0 Å². The number of rotatable bonds is 9. The Morgan fingerprint density at radius 2 is 2.22 bits per heavy atom. The van der Waals surface area contributed by atoms with Crippen LogP contribution >= 0.6 is 0 Å². The number of amides is 1. The maximum Gasteiger partial charge on any atom is 0.249 e. The van der Waals surface area contributed by atoms with Crippen LogP contribution in [-0.4, -0.2) is 58.1 Å². The number of carbonyl (C=O) groups is 1. The van der Waals surface area contributed by atoms with Crippen LogP contribution in [0.3, 0.4) is 0 Å². The Labute approximate surface area is 108 Å². The molecule has 6 nitrogen and oxygen atoms in total. The number of nitrogens with two attached hydrogens (primary N) is 1. The van der Waals surface area contributed by atoms with Crippen molar-refractivity contribution in [3.05, 3.63) is 0 Å². The molecule has 0 aliphatic carbocycles. The van der Waals surface area contributed by atoms with Gasteiger partial charge < -0.3 is 25.3 Å². The fourth-order valence-corrected chi connectivity index (χ4v) is 1.82. The smallest absolute Gasteiger partial charge is 0.249 e. The van der Waals surface area contributed by atoms with Crippen LogP contribution in [0.1, 0.15) is 19.3 Å². The van der Waals surface area contributed by atoms with Crippen LogP contribution in [0.15, 0.2) is 0 Å². The van der Waals surface area contributed by atoms with Crippen molar-refractivity contribution in [2.45, 2.75) is 31.5 Å². The maximum absolute atomic E-state index is 11.7. The normalized spacial score (nSPS) is 23.2. The molecule has 1 saturated heterocycles. The SMILES string of the molecule is COCCOCCCNC(=O)C1CCC(CN)O1. The molecule has 6 heteroatoms. The van der Waals surface area contributed by atoms with Gasteiger partial charge in [0.2, 0.25) is 5.91 Å². The van der Waals surface area contributed by atoms with Crippen LogP contribution in [0.25, 0.3) is 0 Å². The lowest BCUT2D eigenvalue weighted by Gasteiger charge is -2.12. The number of ether oxygens (including phenoxy) is 3. The van der Waals surface area contributed by atoms with Crippen LogP contribution < -0.4 is 11.1 Å². The Bertz CT molecular complexity index is 238. The summed E-state index contributed by atoms with van der Waals surface area (Å²) in [5, 5.41) is 2.84. The number of hydrogen-bond acceptors (Lipinski definition) is 5. The van der Waals surface area contributed by atoms with Crippen LogP contribution in [0.2, 0.25) is 0 Å². The number of hydrogen-bond donors (Lipinski definition) is 2. The first-order chi connectivity index (χ1) is 8.77. The molecule has 1 aliphatic rings. The van der Waals surface area contributed by atoms with Crippen molar-refractivity contribution in [1.82, 2.24) is 5.32 Å². The standard InChI is InChI=1S/C12H24N2O4/c1-16-7-8-17-6-2-5-14-12(15)11-4-3-10(9-13)18-11/h10-11H,2-9,13H2,1H3,(H,14,15). The predicted molar refractivity (Wildman–Crippen MR) is 67.3 cm³/mol. The lowest BCUT2D eigenvalue weighted by Crippen LogP contribution is -2.36. The minimum atomic E-state index is -0.326. The second-order valence-corrected chi connectivity index (χ2v) is 4.31. The molecule has 1 heterocycles. The first-order valence-electron chi connectivity index (χ1n) is 6.48. The molecule has 0 aromatic heterocycles. The van der Waals surface area contributed by atoms with Gasteiger partial charge in [-0.2, -0.15) is 0 Å². The van der Waals surface area contributed by atoms with E-state index in [4.69, 9.17) is 19.9 Å². The molecule has 0 spiro atoms. The molecular weight excluding hydrogens is 236 g/mol. The monoisotopic (exact) mass is 260 g/mol. The van der Waals surface area contributed by atoms with Crippen LogP contribution in [0.4, 0.5) is 0 Å². The predicted octanol–water partition coefficient (Wildman–Crippen LogP) is -0.338. The molecule has 0 aromatic carbocycles. The molecule has 0 saturated carbocycles. The van der Waals surface area contributed by atoms with Crippen molar-refractivity contribution < 1.29 is 19.0 Å². The van der Waals surface area contributed by atoms with Gasteiger partial charge in [-0.15, -0.1) is 0 Å². The Balaban J connectivity index is 1.97. The van der Waals surface area contributed by atoms with Crippen molar-refractivity contribution in [2.75, 3.05) is 40.0 Å². The van der Waals surface area contributed by atoms with Gasteiger partial charge in [0.25, 0.3) is 0 Å². The molecule has 2 unspecified atom stereocenters. The van der Waals surface area contributed by atoms with Crippen LogP contribution in [-0.2, 0) is 19.0 Å². The Hall–Kier alpha value is -0.690. The van der Waals surface area contributed by atoms with E-state index in [1.807, 2.05) is 0 Å². The molecular formula is C12H24N2O4. The summed E-state index contributed by atoms with van der Waals surface area (Å²) in [6, 6.07) is 0. The van der Waals surface area contributed by atoms with E-state index in [9.17, 15) is 4.79 Å². The molecule has 0 radical (unpaired) electrons. The third kappa shape index (κ3) is 5.77. The molecule has 106 valence electrons. The van der Waals surface area contributed by atoms with Gasteiger partial charge in [-0.25, -0.2) is 0 Å². The second kappa shape index (κ2) is 9.27. The summed E-state index contributed by atoms with van der Waals surface area (Å²) in [5.74, 6) is -0.0390. The van der Waals surface area contributed by atoms with Gasteiger partial charge in [0, 0.05) is 26.8 Å². The third-order valence-electron chi connectivity index (χ3n) is 2.86.